The molecule has 4 N–H and O–H groups in total. The Labute approximate surface area is 171 Å². The van der Waals surface area contributed by atoms with Crippen LogP contribution < -0.4 is 26.0 Å². The lowest BCUT2D eigenvalue weighted by Crippen LogP contribution is -2.56. The lowest BCUT2D eigenvalue weighted by atomic mass is 9.55. The molecule has 0 bridgehead atoms. The molecule has 3 aliphatic rings. The van der Waals surface area contributed by atoms with E-state index in [1.165, 1.54) is 12.3 Å². The highest BCUT2D eigenvalue weighted by atomic mass is 19.1. The van der Waals surface area contributed by atoms with Crippen molar-refractivity contribution in [1.29, 1.82) is 0 Å². The first kappa shape index (κ1) is 19.3. The molecule has 9 heteroatoms. The van der Waals surface area contributed by atoms with E-state index in [1.807, 2.05) is 13.8 Å². The van der Waals surface area contributed by atoms with Gasteiger partial charge in [-0.15, -0.1) is 0 Å². The van der Waals surface area contributed by atoms with Gasteiger partial charge in [0.2, 0.25) is 5.43 Å². The predicted molar refractivity (Wildman–Crippen MR) is 107 cm³/mol. The normalized spacial score (nSPS) is 28.9. The van der Waals surface area contributed by atoms with Gasteiger partial charge in [-0.2, -0.15) is 0 Å². The van der Waals surface area contributed by atoms with Gasteiger partial charge in [-0.3, -0.25) is 4.79 Å². The summed E-state index contributed by atoms with van der Waals surface area (Å²) in [5, 5.41) is 12.4. The zero-order valence-electron chi connectivity index (χ0n) is 16.8. The van der Waals surface area contributed by atoms with Gasteiger partial charge in [0, 0.05) is 29.1 Å². The van der Waals surface area contributed by atoms with Gasteiger partial charge in [0.1, 0.15) is 12.4 Å². The fourth-order valence-electron chi connectivity index (χ4n) is 5.47. The van der Waals surface area contributed by atoms with Gasteiger partial charge >= 0.3 is 6.16 Å². The number of halogens is 1. The second-order valence-corrected chi connectivity index (χ2v) is 9.00. The van der Waals surface area contributed by atoms with Gasteiger partial charge in [-0.05, 0) is 32.8 Å². The molecule has 3 atom stereocenters. The number of nitrogens with two attached hydrogens (primary N) is 1. The van der Waals surface area contributed by atoms with E-state index in [4.69, 9.17) is 15.6 Å². The van der Waals surface area contributed by atoms with Crippen LogP contribution in [0.5, 0.6) is 11.5 Å². The second-order valence-electron chi connectivity index (χ2n) is 9.00. The fourth-order valence-corrected chi connectivity index (χ4v) is 5.47. The van der Waals surface area contributed by atoms with E-state index in [0.717, 1.165) is 19.3 Å². The van der Waals surface area contributed by atoms with Crippen LogP contribution in [0.4, 0.5) is 9.18 Å². The first-order valence-corrected chi connectivity index (χ1v) is 10.1. The highest BCUT2D eigenvalue weighted by Crippen LogP contribution is 2.61. The Kier molecular flexibility index (Phi) is 3.98. The number of nitrogens with one attached hydrogen (secondary N) is 1. The van der Waals surface area contributed by atoms with Crippen LogP contribution in [0.1, 0.15) is 50.8 Å². The Hall–Kier alpha value is -2.65. The molecule has 0 amide bonds. The zero-order chi connectivity index (χ0) is 21.4. The van der Waals surface area contributed by atoms with Crippen LogP contribution in [0.25, 0.3) is 10.9 Å². The predicted octanol–water partition coefficient (Wildman–Crippen LogP) is 2.68. The SMILES string of the molecule is C[C@H]1COc2c(C3NCC(C)(N)C34CCC4)c(F)cc3c(=O)c(OC(=O)O)cn1c23. The molecule has 1 saturated carbocycles. The van der Waals surface area contributed by atoms with Crippen molar-refractivity contribution in [1.82, 2.24) is 9.88 Å². The standard InChI is InChI=1S/C21H24FN3O5/c1-10-8-29-17-14(18-21(4-3-5-21)20(2,23)9-24-18)12(22)6-11-15(17)25(10)7-13(16(11)26)30-19(27)28/h6-7,10,18,24H,3-5,8-9,23H2,1-2H3,(H,27,28)/t10-,18?,20?/m0/s1. The first-order valence-electron chi connectivity index (χ1n) is 10.1. The van der Waals surface area contributed by atoms with E-state index < -0.39 is 22.9 Å². The third kappa shape index (κ3) is 2.39. The lowest BCUT2D eigenvalue weighted by Gasteiger charge is -2.51. The molecule has 2 unspecified atom stereocenters. The maximum atomic E-state index is 15.5. The highest BCUT2D eigenvalue weighted by molar-refractivity contribution is 5.89. The molecule has 160 valence electrons. The Morgan fingerprint density at radius 3 is 2.83 bits per heavy atom. The number of benzene rings is 1. The summed E-state index contributed by atoms with van der Waals surface area (Å²) in [5.41, 5.74) is 6.01. The molecule has 1 aromatic heterocycles. The van der Waals surface area contributed by atoms with Crippen molar-refractivity contribution in [3.05, 3.63) is 33.9 Å². The molecule has 2 aromatic rings. The number of nitrogens with zero attached hydrogens (tertiary/aromatic N) is 1. The van der Waals surface area contributed by atoms with Crippen molar-refractivity contribution in [2.45, 2.75) is 50.7 Å². The average Bonchev–Trinajstić information content (AvgIpc) is 2.91. The molecule has 1 aliphatic carbocycles. The molecule has 2 fully saturated rings. The molecular formula is C21H24FN3O5. The van der Waals surface area contributed by atoms with E-state index in [2.05, 4.69) is 10.1 Å². The van der Waals surface area contributed by atoms with Crippen LogP contribution in [-0.4, -0.2) is 34.5 Å². The van der Waals surface area contributed by atoms with E-state index >= 15 is 4.39 Å². The number of rotatable bonds is 2. The third-order valence-corrected chi connectivity index (χ3v) is 7.27. The molecule has 30 heavy (non-hydrogen) atoms. The number of carboxylic acid groups (broad SMARTS) is 1. The molecule has 5 rings (SSSR count). The average molecular weight is 417 g/mol. The number of aromatic nitrogens is 1. The van der Waals surface area contributed by atoms with Gasteiger partial charge in [0.05, 0.1) is 23.1 Å². The molecule has 1 aromatic carbocycles. The summed E-state index contributed by atoms with van der Waals surface area (Å²) in [5.74, 6) is -0.598. The summed E-state index contributed by atoms with van der Waals surface area (Å²) in [4.78, 5) is 23.8. The smallest absolute Gasteiger partial charge is 0.489 e. The maximum Gasteiger partial charge on any atom is 0.511 e. The second kappa shape index (κ2) is 6.18. The summed E-state index contributed by atoms with van der Waals surface area (Å²) in [7, 11) is 0. The Morgan fingerprint density at radius 1 is 1.47 bits per heavy atom. The van der Waals surface area contributed by atoms with Crippen molar-refractivity contribution >= 4 is 17.1 Å². The van der Waals surface area contributed by atoms with Gasteiger partial charge in [0.25, 0.3) is 0 Å². The number of pyridine rings is 1. The lowest BCUT2D eigenvalue weighted by molar-refractivity contribution is 0.0440. The Balaban J connectivity index is 1.78. The summed E-state index contributed by atoms with van der Waals surface area (Å²) in [6.45, 7) is 4.69. The van der Waals surface area contributed by atoms with Crippen molar-refractivity contribution in [3.8, 4) is 11.5 Å². The number of ether oxygens (including phenoxy) is 2. The molecule has 8 nitrogen and oxygen atoms in total. The topological polar surface area (TPSA) is 116 Å². The van der Waals surface area contributed by atoms with Crippen LogP contribution in [0.2, 0.25) is 0 Å². The third-order valence-electron chi connectivity index (χ3n) is 7.27. The van der Waals surface area contributed by atoms with Crippen LogP contribution in [0, 0.1) is 11.2 Å². The molecule has 2 aliphatic heterocycles. The van der Waals surface area contributed by atoms with Gasteiger partial charge < -0.3 is 30.2 Å². The minimum Gasteiger partial charge on any atom is -0.489 e. The van der Waals surface area contributed by atoms with Crippen LogP contribution in [0.15, 0.2) is 17.1 Å². The quantitative estimate of drug-likeness (QED) is 0.644. The fraction of sp³-hybridized carbons (Fsp3) is 0.524. The largest absolute Gasteiger partial charge is 0.511 e. The monoisotopic (exact) mass is 417 g/mol. The number of hydrogen-bond acceptors (Lipinski definition) is 6. The molecular weight excluding hydrogens is 393 g/mol. The van der Waals surface area contributed by atoms with Crippen LogP contribution in [0.3, 0.4) is 0 Å². The summed E-state index contributed by atoms with van der Waals surface area (Å²) < 4.78 is 27.9. The highest BCUT2D eigenvalue weighted by Gasteiger charge is 2.60. The summed E-state index contributed by atoms with van der Waals surface area (Å²) in [6, 6.07) is 0.653. The summed E-state index contributed by atoms with van der Waals surface area (Å²) >= 11 is 0. The molecule has 1 saturated heterocycles. The van der Waals surface area contributed by atoms with E-state index in [-0.39, 0.29) is 35.2 Å². The van der Waals surface area contributed by atoms with Gasteiger partial charge in [0.15, 0.2) is 11.5 Å². The molecule has 0 radical (unpaired) electrons. The summed E-state index contributed by atoms with van der Waals surface area (Å²) in [6.07, 6.45) is 2.59. The van der Waals surface area contributed by atoms with E-state index in [1.54, 1.807) is 4.57 Å². The van der Waals surface area contributed by atoms with E-state index in [9.17, 15) is 9.59 Å². The van der Waals surface area contributed by atoms with Crippen molar-refractivity contribution in [3.63, 3.8) is 0 Å². The Bertz CT molecular complexity index is 1140. The number of hydrogen-bond donors (Lipinski definition) is 3. The molecule has 1 spiro atoms. The van der Waals surface area contributed by atoms with Gasteiger partial charge in [-0.1, -0.05) is 6.42 Å². The minimum absolute atomic E-state index is 0.0349. The van der Waals surface area contributed by atoms with E-state index in [0.29, 0.717) is 23.4 Å². The first-order chi connectivity index (χ1) is 14.2. The van der Waals surface area contributed by atoms with Gasteiger partial charge in [-0.25, -0.2) is 9.18 Å². The number of carbonyl (C=O) groups is 1. The van der Waals surface area contributed by atoms with Crippen LogP contribution in [-0.2, 0) is 0 Å². The zero-order valence-corrected chi connectivity index (χ0v) is 16.8. The molecule has 3 heterocycles. The maximum absolute atomic E-state index is 15.5. The van der Waals surface area contributed by atoms with Crippen LogP contribution >= 0.6 is 0 Å². The minimum atomic E-state index is -1.60. The Morgan fingerprint density at radius 2 is 2.20 bits per heavy atom. The van der Waals surface area contributed by atoms with Crippen molar-refractivity contribution in [2.75, 3.05) is 13.2 Å². The van der Waals surface area contributed by atoms with Crippen molar-refractivity contribution in [2.24, 2.45) is 11.1 Å². The van der Waals surface area contributed by atoms with Crippen molar-refractivity contribution < 1.29 is 23.8 Å².